The molecule has 1 saturated heterocycles. The second-order valence-corrected chi connectivity index (χ2v) is 9.46. The Bertz CT molecular complexity index is 1250. The first-order valence-electron chi connectivity index (χ1n) is 11.4. The summed E-state index contributed by atoms with van der Waals surface area (Å²) in [5.41, 5.74) is 0.659. The van der Waals surface area contributed by atoms with Crippen LogP contribution in [-0.4, -0.2) is 42.7 Å². The molecule has 0 aliphatic carbocycles. The summed E-state index contributed by atoms with van der Waals surface area (Å²) in [7, 11) is 2.96. The number of thioether (sulfide) groups is 1. The number of carbonyl (C=O) groups excluding carboxylic acids is 2. The number of methoxy groups -OCH3 is 2. The minimum absolute atomic E-state index is 0.102. The lowest BCUT2D eigenvalue weighted by Crippen LogP contribution is -2.47. The Morgan fingerprint density at radius 1 is 0.973 bits per heavy atom. The Morgan fingerprint density at radius 2 is 1.65 bits per heavy atom. The van der Waals surface area contributed by atoms with Crippen LogP contribution in [0.3, 0.4) is 0 Å². The van der Waals surface area contributed by atoms with Crippen molar-refractivity contribution in [3.05, 3.63) is 95.1 Å². The van der Waals surface area contributed by atoms with Crippen molar-refractivity contribution < 1.29 is 32.2 Å². The molecule has 1 N–H and O–H groups in total. The van der Waals surface area contributed by atoms with Gasteiger partial charge in [-0.05, 0) is 35.4 Å². The number of rotatable bonds is 7. The van der Waals surface area contributed by atoms with E-state index in [9.17, 15) is 22.8 Å². The maximum atomic E-state index is 13.8. The Kier molecular flexibility index (Phi) is 7.97. The Balaban J connectivity index is 1.61. The van der Waals surface area contributed by atoms with Crippen LogP contribution in [0.25, 0.3) is 0 Å². The van der Waals surface area contributed by atoms with Crippen LogP contribution in [0.1, 0.15) is 32.4 Å². The number of nitrogens with zero attached hydrogens (tertiary/aromatic N) is 1. The average Bonchev–Trinajstić information content (AvgIpc) is 3.36. The molecule has 2 atom stereocenters. The van der Waals surface area contributed by atoms with Crippen molar-refractivity contribution in [1.29, 1.82) is 0 Å². The van der Waals surface area contributed by atoms with Gasteiger partial charge in [0, 0.05) is 23.9 Å². The molecule has 2 amide bonds. The van der Waals surface area contributed by atoms with Crippen molar-refractivity contribution in [3.8, 4) is 11.5 Å². The molecular formula is C27H25F3N2O4S. The smallest absolute Gasteiger partial charge is 0.416 e. The highest BCUT2D eigenvalue weighted by molar-refractivity contribution is 7.99. The van der Waals surface area contributed by atoms with Crippen LogP contribution >= 0.6 is 11.8 Å². The summed E-state index contributed by atoms with van der Waals surface area (Å²) in [6.45, 7) is -0.102. The number of benzene rings is 3. The fourth-order valence-electron chi connectivity index (χ4n) is 4.08. The first-order chi connectivity index (χ1) is 17.7. The number of nitrogens with one attached hydrogen (secondary N) is 1. The van der Waals surface area contributed by atoms with Crippen LogP contribution < -0.4 is 14.8 Å². The molecule has 194 valence electrons. The molecule has 0 aromatic heterocycles. The Hall–Kier alpha value is -3.66. The zero-order valence-corrected chi connectivity index (χ0v) is 20.9. The average molecular weight is 531 g/mol. The normalized spacial score (nSPS) is 17.4. The lowest BCUT2D eigenvalue weighted by Gasteiger charge is -2.29. The first kappa shape index (κ1) is 26.4. The van der Waals surface area contributed by atoms with Gasteiger partial charge in [-0.2, -0.15) is 13.2 Å². The summed E-state index contributed by atoms with van der Waals surface area (Å²) in [4.78, 5) is 28.6. The summed E-state index contributed by atoms with van der Waals surface area (Å²) in [6.07, 6.45) is -4.48. The molecule has 1 fully saturated rings. The van der Waals surface area contributed by atoms with Gasteiger partial charge in [-0.1, -0.05) is 42.5 Å². The third kappa shape index (κ3) is 6.02. The number of hydrogen-bond donors (Lipinski definition) is 1. The number of alkyl halides is 3. The monoisotopic (exact) mass is 530 g/mol. The number of hydrogen-bond acceptors (Lipinski definition) is 5. The van der Waals surface area contributed by atoms with Gasteiger partial charge in [-0.25, -0.2) is 0 Å². The van der Waals surface area contributed by atoms with E-state index in [0.717, 1.165) is 17.7 Å². The summed E-state index contributed by atoms with van der Waals surface area (Å²) >= 11 is 1.44. The SMILES string of the molecule is COc1cc(OC)cc(C(=O)N2C(C(=O)NCc3cccc(C(F)(F)F)c3)CSC2c2ccccc2)c1. The molecule has 0 radical (unpaired) electrons. The molecule has 4 rings (SSSR count). The highest BCUT2D eigenvalue weighted by Crippen LogP contribution is 2.42. The third-order valence-corrected chi connectivity index (χ3v) is 7.26. The zero-order valence-electron chi connectivity index (χ0n) is 20.1. The van der Waals surface area contributed by atoms with Gasteiger partial charge in [0.25, 0.3) is 5.91 Å². The van der Waals surface area contributed by atoms with Gasteiger partial charge in [0.1, 0.15) is 22.9 Å². The van der Waals surface area contributed by atoms with Crippen molar-refractivity contribution in [2.24, 2.45) is 0 Å². The first-order valence-corrected chi connectivity index (χ1v) is 12.4. The molecule has 3 aromatic rings. The largest absolute Gasteiger partial charge is 0.497 e. The van der Waals surface area contributed by atoms with Crippen LogP contribution in [0.2, 0.25) is 0 Å². The molecule has 1 aliphatic heterocycles. The fourth-order valence-corrected chi connectivity index (χ4v) is 5.50. The number of ether oxygens (including phenoxy) is 2. The Morgan fingerprint density at radius 3 is 2.27 bits per heavy atom. The molecule has 0 saturated carbocycles. The van der Waals surface area contributed by atoms with Gasteiger partial charge in [0.05, 0.1) is 19.8 Å². The van der Waals surface area contributed by atoms with E-state index in [-0.39, 0.29) is 12.1 Å². The molecule has 10 heteroatoms. The quantitative estimate of drug-likeness (QED) is 0.449. The van der Waals surface area contributed by atoms with Crippen molar-refractivity contribution in [1.82, 2.24) is 10.2 Å². The van der Waals surface area contributed by atoms with Crippen molar-refractivity contribution in [2.45, 2.75) is 24.1 Å². The highest BCUT2D eigenvalue weighted by Gasteiger charge is 2.42. The van der Waals surface area contributed by atoms with Crippen LogP contribution in [-0.2, 0) is 17.5 Å². The molecule has 1 aliphatic rings. The van der Waals surface area contributed by atoms with Crippen LogP contribution in [0, 0.1) is 0 Å². The van der Waals surface area contributed by atoms with Gasteiger partial charge in [0.15, 0.2) is 0 Å². The van der Waals surface area contributed by atoms with Crippen LogP contribution in [0.5, 0.6) is 11.5 Å². The van der Waals surface area contributed by atoms with Crippen LogP contribution in [0.4, 0.5) is 13.2 Å². The van der Waals surface area contributed by atoms with Gasteiger partial charge in [-0.3, -0.25) is 9.59 Å². The predicted octanol–water partition coefficient (Wildman–Crippen LogP) is 5.30. The third-order valence-electron chi connectivity index (χ3n) is 5.94. The summed E-state index contributed by atoms with van der Waals surface area (Å²) in [5, 5.41) is 2.28. The van der Waals surface area contributed by atoms with E-state index in [1.165, 1.54) is 43.0 Å². The number of halogens is 3. The van der Waals surface area contributed by atoms with Crippen molar-refractivity contribution >= 4 is 23.6 Å². The van der Waals surface area contributed by atoms with E-state index in [1.807, 2.05) is 30.3 Å². The lowest BCUT2D eigenvalue weighted by molar-refractivity contribution is -0.137. The van der Waals surface area contributed by atoms with Crippen molar-refractivity contribution in [3.63, 3.8) is 0 Å². The van der Waals surface area contributed by atoms with E-state index in [1.54, 1.807) is 18.2 Å². The van der Waals surface area contributed by atoms with Crippen LogP contribution in [0.15, 0.2) is 72.8 Å². The summed E-state index contributed by atoms with van der Waals surface area (Å²) in [6, 6.07) is 18.1. The fraction of sp³-hybridized carbons (Fsp3) is 0.259. The highest BCUT2D eigenvalue weighted by atomic mass is 32.2. The van der Waals surface area contributed by atoms with E-state index in [4.69, 9.17) is 9.47 Å². The van der Waals surface area contributed by atoms with E-state index in [0.29, 0.717) is 22.8 Å². The summed E-state index contributed by atoms with van der Waals surface area (Å²) < 4.78 is 49.8. The van der Waals surface area contributed by atoms with E-state index in [2.05, 4.69) is 5.32 Å². The van der Waals surface area contributed by atoms with Crippen molar-refractivity contribution in [2.75, 3.05) is 20.0 Å². The zero-order chi connectivity index (χ0) is 26.6. The minimum Gasteiger partial charge on any atom is -0.497 e. The second kappa shape index (κ2) is 11.2. The van der Waals surface area contributed by atoms with Gasteiger partial charge in [-0.15, -0.1) is 11.8 Å². The maximum Gasteiger partial charge on any atom is 0.416 e. The molecule has 37 heavy (non-hydrogen) atoms. The van der Waals surface area contributed by atoms with Gasteiger partial charge >= 0.3 is 6.18 Å². The van der Waals surface area contributed by atoms with E-state index < -0.39 is 35.0 Å². The molecule has 3 aromatic carbocycles. The molecule has 0 bridgehead atoms. The number of amides is 2. The van der Waals surface area contributed by atoms with Gasteiger partial charge < -0.3 is 19.7 Å². The lowest BCUT2D eigenvalue weighted by atomic mass is 10.1. The second-order valence-electron chi connectivity index (χ2n) is 8.34. The van der Waals surface area contributed by atoms with E-state index >= 15 is 0 Å². The number of carbonyl (C=O) groups is 2. The molecule has 6 nitrogen and oxygen atoms in total. The minimum atomic E-state index is -4.48. The molecule has 0 spiro atoms. The van der Waals surface area contributed by atoms with Gasteiger partial charge in [0.2, 0.25) is 5.91 Å². The topological polar surface area (TPSA) is 67.9 Å². The Labute approximate surface area is 216 Å². The molecular weight excluding hydrogens is 505 g/mol. The standard InChI is InChI=1S/C27H25F3N2O4S/c1-35-21-12-19(13-22(14-21)36-2)25(34)32-23(16-37-26(32)18-8-4-3-5-9-18)24(33)31-15-17-7-6-10-20(11-17)27(28,29)30/h3-14,23,26H,15-16H2,1-2H3,(H,31,33). The molecule has 1 heterocycles. The summed E-state index contributed by atoms with van der Waals surface area (Å²) in [5.74, 6) is 0.329. The predicted molar refractivity (Wildman–Crippen MR) is 134 cm³/mol. The molecule has 2 unspecified atom stereocenters. The maximum absolute atomic E-state index is 13.8.